The van der Waals surface area contributed by atoms with Crippen LogP contribution < -0.4 is 5.32 Å². The highest BCUT2D eigenvalue weighted by Gasteiger charge is 2.16. The first kappa shape index (κ1) is 15.5. The number of benzene rings is 1. The maximum atomic E-state index is 11.0. The summed E-state index contributed by atoms with van der Waals surface area (Å²) in [5, 5.41) is 14.9. The number of carbonyl (C=O) groups is 1. The lowest BCUT2D eigenvalue weighted by Crippen LogP contribution is -2.22. The van der Waals surface area contributed by atoms with Crippen LogP contribution in [0.3, 0.4) is 0 Å². The van der Waals surface area contributed by atoms with Crippen LogP contribution in [-0.4, -0.2) is 11.1 Å². The summed E-state index contributed by atoms with van der Waals surface area (Å²) in [6, 6.07) is 9.39. The van der Waals surface area contributed by atoms with Gasteiger partial charge in [0.2, 0.25) is 0 Å². The van der Waals surface area contributed by atoms with Gasteiger partial charge in [-0.2, -0.15) is 0 Å². The number of carboxylic acid groups (broad SMARTS) is 1. The molecule has 3 nitrogen and oxygen atoms in total. The summed E-state index contributed by atoms with van der Waals surface area (Å²) in [7, 11) is 0. The Kier molecular flexibility index (Phi) is 5.60. The predicted molar refractivity (Wildman–Crippen MR) is 85.3 cm³/mol. The molecule has 2 N–H and O–H groups in total. The van der Waals surface area contributed by atoms with E-state index < -0.39 is 5.97 Å². The van der Waals surface area contributed by atoms with Crippen LogP contribution in [0.15, 0.2) is 40.2 Å². The average molecular weight is 375 g/mol. The average Bonchev–Trinajstić information content (AvgIpc) is 2.92. The Morgan fingerprint density at radius 3 is 2.85 bits per heavy atom. The molecule has 0 aliphatic rings. The van der Waals surface area contributed by atoms with E-state index in [9.17, 15) is 4.79 Å². The van der Waals surface area contributed by atoms with Crippen LogP contribution in [0.4, 0.5) is 0 Å². The van der Waals surface area contributed by atoms with Crippen LogP contribution in [0.25, 0.3) is 0 Å². The highest BCUT2D eigenvalue weighted by atomic mass is 79.9. The van der Waals surface area contributed by atoms with Gasteiger partial charge in [-0.15, -0.1) is 11.3 Å². The Balaban J connectivity index is 2.04. The van der Waals surface area contributed by atoms with E-state index in [-0.39, 0.29) is 12.5 Å². The van der Waals surface area contributed by atoms with Gasteiger partial charge >= 0.3 is 5.97 Å². The number of rotatable bonds is 6. The van der Waals surface area contributed by atoms with E-state index in [1.807, 2.05) is 35.7 Å². The summed E-state index contributed by atoms with van der Waals surface area (Å²) in [6.07, 6.45) is 0.0603. The normalized spacial score (nSPS) is 12.3. The van der Waals surface area contributed by atoms with Gasteiger partial charge in [-0.25, -0.2) is 0 Å². The number of hydrogen-bond donors (Lipinski definition) is 2. The van der Waals surface area contributed by atoms with Crippen LogP contribution in [0.2, 0.25) is 5.02 Å². The van der Waals surface area contributed by atoms with Gasteiger partial charge in [0.1, 0.15) is 0 Å². The highest BCUT2D eigenvalue weighted by molar-refractivity contribution is 9.10. The molecule has 6 heteroatoms. The molecule has 0 radical (unpaired) electrons. The zero-order chi connectivity index (χ0) is 14.5. The molecule has 106 valence electrons. The first-order valence-electron chi connectivity index (χ1n) is 5.99. The molecule has 1 aromatic heterocycles. The highest BCUT2D eigenvalue weighted by Crippen LogP contribution is 2.25. The number of hydrogen-bond acceptors (Lipinski definition) is 3. The lowest BCUT2D eigenvalue weighted by Gasteiger charge is -2.15. The summed E-state index contributed by atoms with van der Waals surface area (Å²) >= 11 is 10.9. The van der Waals surface area contributed by atoms with Gasteiger partial charge in [-0.1, -0.05) is 23.7 Å². The Morgan fingerprint density at radius 1 is 1.45 bits per heavy atom. The molecule has 1 heterocycles. The van der Waals surface area contributed by atoms with E-state index in [4.69, 9.17) is 16.7 Å². The van der Waals surface area contributed by atoms with E-state index >= 15 is 0 Å². The van der Waals surface area contributed by atoms with E-state index in [2.05, 4.69) is 21.2 Å². The fraction of sp³-hybridized carbons (Fsp3) is 0.214. The van der Waals surface area contributed by atoms with Crippen molar-refractivity contribution < 1.29 is 9.90 Å². The number of thiophene rings is 1. The van der Waals surface area contributed by atoms with Gasteiger partial charge < -0.3 is 10.4 Å². The molecule has 0 fully saturated rings. The van der Waals surface area contributed by atoms with Gasteiger partial charge in [0.05, 0.1) is 17.5 Å². The van der Waals surface area contributed by atoms with Gasteiger partial charge in [-0.05, 0) is 45.1 Å². The van der Waals surface area contributed by atoms with E-state index in [0.717, 1.165) is 14.9 Å². The van der Waals surface area contributed by atoms with Crippen molar-refractivity contribution in [2.75, 3.05) is 0 Å². The van der Waals surface area contributed by atoms with Crippen molar-refractivity contribution in [1.82, 2.24) is 5.32 Å². The van der Waals surface area contributed by atoms with E-state index in [0.29, 0.717) is 11.6 Å². The first-order chi connectivity index (χ1) is 9.56. The molecule has 0 aliphatic carbocycles. The van der Waals surface area contributed by atoms with Crippen LogP contribution in [-0.2, 0) is 11.3 Å². The minimum Gasteiger partial charge on any atom is -0.481 e. The Hall–Kier alpha value is -0.880. The minimum atomic E-state index is -0.815. The molecule has 0 saturated heterocycles. The van der Waals surface area contributed by atoms with Crippen molar-refractivity contribution in [3.8, 4) is 0 Å². The summed E-state index contributed by atoms with van der Waals surface area (Å²) in [4.78, 5) is 12.0. The van der Waals surface area contributed by atoms with E-state index in [1.165, 1.54) is 0 Å². The van der Waals surface area contributed by atoms with Crippen molar-refractivity contribution in [3.63, 3.8) is 0 Å². The summed E-state index contributed by atoms with van der Waals surface area (Å²) < 4.78 is 0.850. The smallest absolute Gasteiger partial charge is 0.305 e. The van der Waals surface area contributed by atoms with Gasteiger partial charge in [0.25, 0.3) is 0 Å². The van der Waals surface area contributed by atoms with Crippen LogP contribution in [0, 0.1) is 0 Å². The monoisotopic (exact) mass is 373 g/mol. The fourth-order valence-electron chi connectivity index (χ4n) is 1.83. The molecule has 0 bridgehead atoms. The maximum absolute atomic E-state index is 11.0. The second-order valence-corrected chi connectivity index (χ2v) is 6.54. The zero-order valence-electron chi connectivity index (χ0n) is 10.5. The maximum Gasteiger partial charge on any atom is 0.305 e. The third kappa shape index (κ3) is 4.31. The molecule has 0 spiro atoms. The Morgan fingerprint density at radius 2 is 2.25 bits per heavy atom. The molecule has 0 aliphatic heterocycles. The largest absolute Gasteiger partial charge is 0.481 e. The van der Waals surface area contributed by atoms with Gasteiger partial charge in [0, 0.05) is 15.9 Å². The molecular weight excluding hydrogens is 362 g/mol. The number of aliphatic carboxylic acids is 1. The lowest BCUT2D eigenvalue weighted by molar-refractivity contribution is -0.137. The summed E-state index contributed by atoms with van der Waals surface area (Å²) in [5.41, 5.74) is 1.02. The number of halogens is 2. The zero-order valence-corrected chi connectivity index (χ0v) is 13.6. The van der Waals surface area contributed by atoms with Crippen molar-refractivity contribution in [3.05, 3.63) is 55.6 Å². The molecule has 20 heavy (non-hydrogen) atoms. The Bertz CT molecular complexity index is 589. The van der Waals surface area contributed by atoms with Gasteiger partial charge in [-0.3, -0.25) is 4.79 Å². The third-order valence-corrected chi connectivity index (χ3v) is 5.02. The van der Waals surface area contributed by atoms with Crippen LogP contribution in [0.5, 0.6) is 0 Å². The van der Waals surface area contributed by atoms with Crippen LogP contribution in [0.1, 0.15) is 22.9 Å². The second kappa shape index (κ2) is 7.22. The van der Waals surface area contributed by atoms with Crippen molar-refractivity contribution >= 4 is 44.8 Å². The molecule has 0 saturated carbocycles. The van der Waals surface area contributed by atoms with Crippen LogP contribution >= 0.6 is 38.9 Å². The number of carboxylic acids is 1. The predicted octanol–water partition coefficient (Wildman–Crippen LogP) is 4.47. The molecule has 2 aromatic rings. The second-order valence-electron chi connectivity index (χ2n) is 4.30. The third-order valence-electron chi connectivity index (χ3n) is 2.80. The quantitative estimate of drug-likeness (QED) is 0.784. The summed E-state index contributed by atoms with van der Waals surface area (Å²) in [5.74, 6) is -0.815. The van der Waals surface area contributed by atoms with Crippen molar-refractivity contribution in [2.24, 2.45) is 0 Å². The molecule has 1 atom stereocenters. The molecule has 1 unspecified atom stereocenters. The standard InChI is InChI=1S/C14H13BrClNO2S/c15-10-4-3-9(6-11(10)16)8-17-12(7-14(18)19)13-2-1-5-20-13/h1-6,12,17H,7-8H2,(H,18,19). The first-order valence-corrected chi connectivity index (χ1v) is 8.04. The SMILES string of the molecule is O=C(O)CC(NCc1ccc(Br)c(Cl)c1)c1cccs1. The summed E-state index contributed by atoms with van der Waals surface area (Å²) in [6.45, 7) is 0.572. The van der Waals surface area contributed by atoms with E-state index in [1.54, 1.807) is 11.3 Å². The van der Waals surface area contributed by atoms with Crippen molar-refractivity contribution in [1.29, 1.82) is 0 Å². The fourth-order valence-corrected chi connectivity index (χ4v) is 3.08. The van der Waals surface area contributed by atoms with Gasteiger partial charge in [0.15, 0.2) is 0 Å². The van der Waals surface area contributed by atoms with Crippen molar-refractivity contribution in [2.45, 2.75) is 19.0 Å². The molecule has 2 rings (SSSR count). The molecule has 1 aromatic carbocycles. The molecular formula is C14H13BrClNO2S. The minimum absolute atomic E-state index is 0.0603. The Labute approximate surface area is 134 Å². The molecule has 0 amide bonds. The topological polar surface area (TPSA) is 49.3 Å². The number of nitrogens with one attached hydrogen (secondary N) is 1. The lowest BCUT2D eigenvalue weighted by atomic mass is 10.1.